The van der Waals surface area contributed by atoms with Crippen LogP contribution in [0.2, 0.25) is 0 Å². The van der Waals surface area contributed by atoms with Crippen molar-refractivity contribution in [2.45, 2.75) is 39.8 Å². The summed E-state index contributed by atoms with van der Waals surface area (Å²) in [7, 11) is 0. The zero-order valence-corrected chi connectivity index (χ0v) is 12.2. The van der Waals surface area contributed by atoms with Crippen LogP contribution in [0, 0.1) is 0 Å². The minimum atomic E-state index is -0.648. The van der Waals surface area contributed by atoms with Crippen molar-refractivity contribution in [1.29, 1.82) is 0 Å². The lowest BCUT2D eigenvalue weighted by molar-refractivity contribution is -0.115. The van der Waals surface area contributed by atoms with Crippen molar-refractivity contribution < 1.29 is 14.3 Å². The SMILES string of the molecule is CCn1ncc(NC(=O)CNC(=O)OC(C)(C)C)c1N. The number of nitrogens with one attached hydrogen (secondary N) is 2. The fourth-order valence-electron chi connectivity index (χ4n) is 1.40. The second kappa shape index (κ2) is 6.27. The highest BCUT2D eigenvalue weighted by atomic mass is 16.6. The van der Waals surface area contributed by atoms with Gasteiger partial charge in [0, 0.05) is 6.54 Å². The monoisotopic (exact) mass is 283 g/mol. The van der Waals surface area contributed by atoms with Gasteiger partial charge in [0.15, 0.2) is 0 Å². The normalized spacial score (nSPS) is 11.0. The molecule has 1 heterocycles. The average Bonchev–Trinajstić information content (AvgIpc) is 2.66. The highest BCUT2D eigenvalue weighted by Gasteiger charge is 2.17. The summed E-state index contributed by atoms with van der Waals surface area (Å²) < 4.78 is 6.56. The number of nitrogens with two attached hydrogens (primary N) is 1. The number of hydrogen-bond donors (Lipinski definition) is 3. The van der Waals surface area contributed by atoms with Crippen molar-refractivity contribution >= 4 is 23.5 Å². The van der Waals surface area contributed by atoms with Gasteiger partial charge < -0.3 is 21.1 Å². The fraction of sp³-hybridized carbons (Fsp3) is 0.583. The number of hydrogen-bond acceptors (Lipinski definition) is 5. The number of rotatable bonds is 4. The molecule has 8 heteroatoms. The first-order valence-electron chi connectivity index (χ1n) is 6.31. The Morgan fingerprint density at radius 1 is 1.45 bits per heavy atom. The molecule has 0 aliphatic carbocycles. The Hall–Kier alpha value is -2.25. The number of nitrogens with zero attached hydrogens (tertiary/aromatic N) is 2. The van der Waals surface area contributed by atoms with E-state index in [1.54, 1.807) is 25.5 Å². The molecule has 0 radical (unpaired) electrons. The van der Waals surface area contributed by atoms with Crippen molar-refractivity contribution in [1.82, 2.24) is 15.1 Å². The lowest BCUT2D eigenvalue weighted by Gasteiger charge is -2.19. The number of ether oxygens (including phenoxy) is 1. The van der Waals surface area contributed by atoms with Crippen molar-refractivity contribution in [3.63, 3.8) is 0 Å². The molecule has 0 unspecified atom stereocenters. The van der Waals surface area contributed by atoms with Gasteiger partial charge in [-0.25, -0.2) is 9.48 Å². The molecule has 0 saturated heterocycles. The molecule has 0 atom stereocenters. The Kier molecular flexibility index (Phi) is 4.95. The van der Waals surface area contributed by atoms with Crippen LogP contribution in [0.3, 0.4) is 0 Å². The summed E-state index contributed by atoms with van der Waals surface area (Å²) in [6.07, 6.45) is 0.814. The van der Waals surface area contributed by atoms with Crippen LogP contribution in [-0.2, 0) is 16.1 Å². The zero-order valence-electron chi connectivity index (χ0n) is 12.2. The maximum Gasteiger partial charge on any atom is 0.408 e. The van der Waals surface area contributed by atoms with Gasteiger partial charge in [-0.1, -0.05) is 0 Å². The third-order valence-electron chi connectivity index (χ3n) is 2.25. The van der Waals surface area contributed by atoms with Crippen LogP contribution in [0.15, 0.2) is 6.20 Å². The van der Waals surface area contributed by atoms with E-state index in [1.165, 1.54) is 6.20 Å². The molecule has 0 saturated carbocycles. The van der Waals surface area contributed by atoms with Gasteiger partial charge in [0.05, 0.1) is 6.20 Å². The molecule has 8 nitrogen and oxygen atoms in total. The summed E-state index contributed by atoms with van der Waals surface area (Å²) in [5.74, 6) is -0.0312. The van der Waals surface area contributed by atoms with E-state index in [0.29, 0.717) is 18.1 Å². The molecule has 1 rings (SSSR count). The molecule has 0 bridgehead atoms. The quantitative estimate of drug-likeness (QED) is 0.761. The van der Waals surface area contributed by atoms with Crippen LogP contribution in [0.25, 0.3) is 0 Å². The Labute approximate surface area is 117 Å². The summed E-state index contributed by atoms with van der Waals surface area (Å²) in [5, 5.41) is 8.92. The second-order valence-corrected chi connectivity index (χ2v) is 5.16. The first-order chi connectivity index (χ1) is 9.23. The third-order valence-corrected chi connectivity index (χ3v) is 2.25. The van der Waals surface area contributed by atoms with E-state index in [-0.39, 0.29) is 6.54 Å². The maximum atomic E-state index is 11.7. The summed E-state index contributed by atoms with van der Waals surface area (Å²) in [6.45, 7) is 7.52. The van der Waals surface area contributed by atoms with E-state index in [1.807, 2.05) is 6.92 Å². The first-order valence-corrected chi connectivity index (χ1v) is 6.31. The molecule has 1 aromatic heterocycles. The molecule has 0 fully saturated rings. The molecule has 1 aromatic rings. The summed E-state index contributed by atoms with van der Waals surface area (Å²) >= 11 is 0. The van der Waals surface area contributed by atoms with Gasteiger partial charge >= 0.3 is 6.09 Å². The van der Waals surface area contributed by atoms with Crippen molar-refractivity contribution in [3.8, 4) is 0 Å². The largest absolute Gasteiger partial charge is 0.444 e. The molecular formula is C12H21N5O3. The molecule has 20 heavy (non-hydrogen) atoms. The lowest BCUT2D eigenvalue weighted by Crippen LogP contribution is -2.37. The van der Waals surface area contributed by atoms with Crippen LogP contribution < -0.4 is 16.4 Å². The van der Waals surface area contributed by atoms with Gasteiger partial charge in [-0.3, -0.25) is 4.79 Å². The lowest BCUT2D eigenvalue weighted by atomic mass is 10.2. The van der Waals surface area contributed by atoms with Gasteiger partial charge in [0.2, 0.25) is 5.91 Å². The second-order valence-electron chi connectivity index (χ2n) is 5.16. The number of carbonyl (C=O) groups is 2. The number of aryl methyl sites for hydroxylation is 1. The van der Waals surface area contributed by atoms with Gasteiger partial charge in [-0.2, -0.15) is 5.10 Å². The van der Waals surface area contributed by atoms with E-state index < -0.39 is 17.6 Å². The molecule has 0 aromatic carbocycles. The Bertz CT molecular complexity index is 490. The predicted molar refractivity (Wildman–Crippen MR) is 75.2 cm³/mol. The van der Waals surface area contributed by atoms with Crippen molar-refractivity contribution in [2.24, 2.45) is 0 Å². The molecular weight excluding hydrogens is 262 g/mol. The molecule has 4 N–H and O–H groups in total. The van der Waals surface area contributed by atoms with E-state index >= 15 is 0 Å². The Morgan fingerprint density at radius 2 is 2.10 bits per heavy atom. The standard InChI is InChI=1S/C12H21N5O3/c1-5-17-10(13)8(6-15-17)16-9(18)7-14-11(19)20-12(2,3)4/h6H,5,7,13H2,1-4H3,(H,14,19)(H,16,18). The van der Waals surface area contributed by atoms with Crippen LogP contribution in [0.1, 0.15) is 27.7 Å². The van der Waals surface area contributed by atoms with E-state index in [0.717, 1.165) is 0 Å². The predicted octanol–water partition coefficient (Wildman–Crippen LogP) is 0.948. The summed E-state index contributed by atoms with van der Waals surface area (Å²) in [4.78, 5) is 23.0. The summed E-state index contributed by atoms with van der Waals surface area (Å²) in [6, 6.07) is 0. The first kappa shape index (κ1) is 15.8. The van der Waals surface area contributed by atoms with Crippen molar-refractivity contribution in [2.75, 3.05) is 17.6 Å². The molecule has 0 aliphatic rings. The topological polar surface area (TPSA) is 111 Å². The van der Waals surface area contributed by atoms with Crippen LogP contribution in [0.4, 0.5) is 16.3 Å². The van der Waals surface area contributed by atoms with Crippen LogP contribution in [-0.4, -0.2) is 33.9 Å². The van der Waals surface area contributed by atoms with E-state index in [9.17, 15) is 9.59 Å². The number of alkyl carbamates (subject to hydrolysis) is 1. The molecule has 0 aliphatic heterocycles. The maximum absolute atomic E-state index is 11.7. The van der Waals surface area contributed by atoms with Gasteiger partial charge in [-0.05, 0) is 27.7 Å². The third kappa shape index (κ3) is 4.79. The fourth-order valence-corrected chi connectivity index (χ4v) is 1.40. The number of aromatic nitrogens is 2. The van der Waals surface area contributed by atoms with Gasteiger partial charge in [0.25, 0.3) is 0 Å². The zero-order chi connectivity index (χ0) is 15.3. The number of anilines is 2. The van der Waals surface area contributed by atoms with E-state index in [4.69, 9.17) is 10.5 Å². The minimum Gasteiger partial charge on any atom is -0.444 e. The van der Waals surface area contributed by atoms with Crippen LogP contribution >= 0.6 is 0 Å². The highest BCUT2D eigenvalue weighted by molar-refractivity contribution is 5.95. The number of nitrogen functional groups attached to an aromatic ring is 1. The number of amides is 2. The van der Waals surface area contributed by atoms with Gasteiger partial charge in [-0.15, -0.1) is 0 Å². The Morgan fingerprint density at radius 3 is 2.60 bits per heavy atom. The molecule has 112 valence electrons. The molecule has 2 amide bonds. The molecule has 0 spiro atoms. The van der Waals surface area contributed by atoms with Crippen LogP contribution in [0.5, 0.6) is 0 Å². The smallest absolute Gasteiger partial charge is 0.408 e. The van der Waals surface area contributed by atoms with Crippen molar-refractivity contribution in [3.05, 3.63) is 6.20 Å². The van der Waals surface area contributed by atoms with Gasteiger partial charge in [0.1, 0.15) is 23.7 Å². The number of carbonyl (C=O) groups excluding carboxylic acids is 2. The Balaban J connectivity index is 2.44. The van der Waals surface area contributed by atoms with E-state index in [2.05, 4.69) is 15.7 Å². The summed E-state index contributed by atoms with van der Waals surface area (Å²) in [5.41, 5.74) is 5.59. The minimum absolute atomic E-state index is 0.203. The highest BCUT2D eigenvalue weighted by Crippen LogP contribution is 2.16. The average molecular weight is 283 g/mol.